The molecule has 0 bridgehead atoms. The first kappa shape index (κ1) is 14.0. The highest BCUT2D eigenvalue weighted by atomic mass is 79.9. The lowest BCUT2D eigenvalue weighted by atomic mass is 10.3. The highest BCUT2D eigenvalue weighted by molar-refractivity contribution is 9.10. The largest absolute Gasteiger partial charge is 0.452 e. The minimum atomic E-state index is -3.49. The van der Waals surface area contributed by atoms with Crippen LogP contribution in [0.15, 0.2) is 20.0 Å². The maximum Gasteiger partial charge on any atom is 0.245 e. The third-order valence-electron chi connectivity index (χ3n) is 3.02. The van der Waals surface area contributed by atoms with Crippen molar-refractivity contribution in [1.29, 1.82) is 0 Å². The van der Waals surface area contributed by atoms with Crippen molar-refractivity contribution >= 4 is 26.0 Å². The second-order valence-electron chi connectivity index (χ2n) is 4.48. The highest BCUT2D eigenvalue weighted by Crippen LogP contribution is 2.27. The van der Waals surface area contributed by atoms with Gasteiger partial charge in [0.1, 0.15) is 10.7 Å². The molecule has 1 aromatic rings. The van der Waals surface area contributed by atoms with Crippen LogP contribution in [0.4, 0.5) is 0 Å². The fraction of sp³-hybridized carbons (Fsp3) is 0.636. The van der Waals surface area contributed by atoms with Gasteiger partial charge in [-0.05, 0) is 35.8 Å². The molecule has 0 unspecified atom stereocenters. The fourth-order valence-corrected chi connectivity index (χ4v) is 4.47. The van der Waals surface area contributed by atoms with Crippen molar-refractivity contribution in [3.63, 3.8) is 0 Å². The maximum absolute atomic E-state index is 12.2. The van der Waals surface area contributed by atoms with Gasteiger partial charge in [-0.15, -0.1) is 0 Å². The van der Waals surface area contributed by atoms with E-state index < -0.39 is 10.0 Å². The van der Waals surface area contributed by atoms with E-state index in [2.05, 4.69) is 26.0 Å². The molecular weight excluding hydrogens is 320 g/mol. The van der Waals surface area contributed by atoms with Gasteiger partial charge in [0.2, 0.25) is 10.0 Å². The minimum absolute atomic E-state index is 0.0598. The Hall–Kier alpha value is -0.370. The molecule has 2 rings (SSSR count). The van der Waals surface area contributed by atoms with Crippen LogP contribution < -0.4 is 10.0 Å². The van der Waals surface area contributed by atoms with Crippen molar-refractivity contribution in [1.82, 2.24) is 10.0 Å². The zero-order chi connectivity index (χ0) is 13.2. The quantitative estimate of drug-likeness (QED) is 0.862. The van der Waals surface area contributed by atoms with Gasteiger partial charge in [0.15, 0.2) is 4.67 Å². The van der Waals surface area contributed by atoms with E-state index in [0.29, 0.717) is 12.3 Å². The molecule has 0 radical (unpaired) electrons. The summed E-state index contributed by atoms with van der Waals surface area (Å²) in [5, 5.41) is 2.92. The molecule has 1 saturated carbocycles. The molecular formula is C11H17BrN2O3S. The molecule has 1 aromatic heterocycles. The molecule has 0 spiro atoms. The molecule has 5 nitrogen and oxygen atoms in total. The van der Waals surface area contributed by atoms with Crippen LogP contribution >= 0.6 is 15.9 Å². The van der Waals surface area contributed by atoms with Crippen molar-refractivity contribution < 1.29 is 12.8 Å². The molecule has 0 saturated heterocycles. The number of nitrogens with one attached hydrogen (secondary N) is 2. The topological polar surface area (TPSA) is 71.3 Å². The van der Waals surface area contributed by atoms with Crippen molar-refractivity contribution in [2.24, 2.45) is 0 Å². The summed E-state index contributed by atoms with van der Waals surface area (Å²) < 4.78 is 32.7. The summed E-state index contributed by atoms with van der Waals surface area (Å²) in [5.41, 5.74) is 0. The monoisotopic (exact) mass is 336 g/mol. The van der Waals surface area contributed by atoms with Gasteiger partial charge in [0.05, 0.1) is 6.54 Å². The van der Waals surface area contributed by atoms with E-state index in [1.807, 2.05) is 0 Å². The van der Waals surface area contributed by atoms with Crippen LogP contribution in [0.5, 0.6) is 0 Å². The molecule has 1 aliphatic carbocycles. The molecule has 0 atom stereocenters. The molecule has 1 heterocycles. The number of sulfonamides is 1. The van der Waals surface area contributed by atoms with Gasteiger partial charge >= 0.3 is 0 Å². The van der Waals surface area contributed by atoms with E-state index in [1.165, 1.54) is 0 Å². The average Bonchev–Trinajstić information content (AvgIpc) is 2.88. The number of furan rings is 1. The normalized spacial score (nSPS) is 17.4. The first-order chi connectivity index (χ1) is 8.53. The van der Waals surface area contributed by atoms with E-state index in [4.69, 9.17) is 4.42 Å². The van der Waals surface area contributed by atoms with Gasteiger partial charge in [-0.25, -0.2) is 13.1 Å². The zero-order valence-electron chi connectivity index (χ0n) is 10.2. The number of hydrogen-bond donors (Lipinski definition) is 2. The van der Waals surface area contributed by atoms with E-state index >= 15 is 0 Å². The summed E-state index contributed by atoms with van der Waals surface area (Å²) in [6.45, 7) is 0.498. The summed E-state index contributed by atoms with van der Waals surface area (Å²) in [7, 11) is -1.71. The second-order valence-corrected chi connectivity index (χ2v) is 6.89. The number of halogens is 1. The van der Waals surface area contributed by atoms with Crippen molar-refractivity contribution in [2.75, 3.05) is 7.05 Å². The smallest absolute Gasteiger partial charge is 0.245 e. The Kier molecular flexibility index (Phi) is 4.47. The van der Waals surface area contributed by atoms with Crippen LogP contribution in [0.3, 0.4) is 0 Å². The lowest BCUT2D eigenvalue weighted by molar-refractivity contribution is 0.469. The molecule has 0 amide bonds. The molecule has 2 N–H and O–H groups in total. The Labute approximate surface area is 116 Å². The molecule has 1 fully saturated rings. The van der Waals surface area contributed by atoms with Crippen molar-refractivity contribution in [3.8, 4) is 0 Å². The van der Waals surface area contributed by atoms with E-state index in [-0.39, 0.29) is 15.6 Å². The van der Waals surface area contributed by atoms with Crippen LogP contribution in [-0.2, 0) is 16.6 Å². The highest BCUT2D eigenvalue weighted by Gasteiger charge is 2.27. The molecule has 7 heteroatoms. The Morgan fingerprint density at radius 1 is 1.44 bits per heavy atom. The van der Waals surface area contributed by atoms with Gasteiger partial charge in [0.25, 0.3) is 0 Å². The number of hydrogen-bond acceptors (Lipinski definition) is 4. The van der Waals surface area contributed by atoms with E-state index in [9.17, 15) is 8.42 Å². The minimum Gasteiger partial charge on any atom is -0.452 e. The summed E-state index contributed by atoms with van der Waals surface area (Å²) >= 11 is 3.16. The molecule has 102 valence electrons. The van der Waals surface area contributed by atoms with Crippen LogP contribution in [0.25, 0.3) is 0 Å². The Bertz CT molecular complexity index is 506. The lowest BCUT2D eigenvalue weighted by Gasteiger charge is -2.11. The molecule has 18 heavy (non-hydrogen) atoms. The first-order valence-corrected chi connectivity index (χ1v) is 8.25. The number of rotatable bonds is 5. The summed E-state index contributed by atoms with van der Waals surface area (Å²) in [6, 6.07) is 1.61. The molecule has 0 aliphatic heterocycles. The Morgan fingerprint density at radius 2 is 2.11 bits per heavy atom. The first-order valence-electron chi connectivity index (χ1n) is 5.98. The molecule has 0 aromatic carbocycles. The molecule has 1 aliphatic rings. The summed E-state index contributed by atoms with van der Waals surface area (Å²) in [6.07, 6.45) is 4.01. The Morgan fingerprint density at radius 3 is 2.72 bits per heavy atom. The van der Waals surface area contributed by atoms with Gasteiger partial charge in [-0.1, -0.05) is 12.8 Å². The maximum atomic E-state index is 12.2. The van der Waals surface area contributed by atoms with E-state index in [0.717, 1.165) is 25.7 Å². The third kappa shape index (κ3) is 3.14. The van der Waals surface area contributed by atoms with Crippen LogP contribution in [0.1, 0.15) is 31.4 Å². The van der Waals surface area contributed by atoms with Gasteiger partial charge in [0, 0.05) is 12.1 Å². The third-order valence-corrected chi connectivity index (χ3v) is 5.40. The summed E-state index contributed by atoms with van der Waals surface area (Å²) in [5.74, 6) is 0.594. The van der Waals surface area contributed by atoms with E-state index in [1.54, 1.807) is 13.1 Å². The lowest BCUT2D eigenvalue weighted by Crippen LogP contribution is -2.32. The summed E-state index contributed by atoms with van der Waals surface area (Å²) in [4.78, 5) is 0.180. The van der Waals surface area contributed by atoms with Gasteiger partial charge in [-0.2, -0.15) is 0 Å². The van der Waals surface area contributed by atoms with Crippen LogP contribution in [0, 0.1) is 0 Å². The predicted molar refractivity (Wildman–Crippen MR) is 71.7 cm³/mol. The predicted octanol–water partition coefficient (Wildman–Crippen LogP) is 1.98. The zero-order valence-corrected chi connectivity index (χ0v) is 12.6. The second kappa shape index (κ2) is 5.73. The van der Waals surface area contributed by atoms with Gasteiger partial charge in [-0.3, -0.25) is 0 Å². The van der Waals surface area contributed by atoms with Crippen molar-refractivity contribution in [2.45, 2.75) is 43.2 Å². The Balaban J connectivity index is 2.17. The SMILES string of the molecule is CNCc1cc(S(=O)(=O)NC2CCCC2)c(Br)o1. The van der Waals surface area contributed by atoms with Crippen molar-refractivity contribution in [3.05, 3.63) is 16.5 Å². The van der Waals surface area contributed by atoms with Crippen LogP contribution in [0.2, 0.25) is 0 Å². The van der Waals surface area contributed by atoms with Crippen LogP contribution in [-0.4, -0.2) is 21.5 Å². The average molecular weight is 337 g/mol. The fourth-order valence-electron chi connectivity index (χ4n) is 2.17. The van der Waals surface area contributed by atoms with Gasteiger partial charge < -0.3 is 9.73 Å². The standard InChI is InChI=1S/C11H17BrN2O3S/c1-13-7-9-6-10(11(12)17-9)18(15,16)14-8-4-2-3-5-8/h6,8,13-14H,2-5,7H2,1H3.